The van der Waals surface area contributed by atoms with E-state index in [1.807, 2.05) is 11.0 Å². The molecule has 300 valence electrons. The maximum atomic E-state index is 13.4. The lowest BCUT2D eigenvalue weighted by molar-refractivity contribution is -0.136. The van der Waals surface area contributed by atoms with Crippen LogP contribution < -0.4 is 19.9 Å². The van der Waals surface area contributed by atoms with Gasteiger partial charge in [-0.1, -0.05) is 11.6 Å². The number of rotatable bonds is 8. The number of amides is 5. The number of nitrogens with one attached hydrogen (secondary N) is 1. The summed E-state index contributed by atoms with van der Waals surface area (Å²) in [6, 6.07) is 11.5. The number of carbonyl (C=O) groups excluding carboxylic acids is 5. The first kappa shape index (κ1) is 38.0. The van der Waals surface area contributed by atoms with E-state index in [1.165, 1.54) is 0 Å². The zero-order valence-corrected chi connectivity index (χ0v) is 32.8. The number of hydrogen-bond acceptors (Lipinski definition) is 12. The third kappa shape index (κ3) is 7.35. The molecule has 1 saturated carbocycles. The Balaban J connectivity index is 0.709. The summed E-state index contributed by atoms with van der Waals surface area (Å²) in [6.07, 6.45) is 7.41. The number of likely N-dealkylation sites (tertiary alicyclic amines) is 1. The molecule has 6 heterocycles. The SMILES string of the molecule is N#Cc1ccc(O[C@H]2CC3CN(C(=O)c4cnc(N5CCC(CN6CCN(c7ccc8c(c7)C(=O)N(C7CCC(=O)NC7=O)C8=O)CC6)CC5)cn4)C[C@H]3C2)cc1Cl. The topological polar surface area (TPSA) is 172 Å². The molecule has 5 amide bonds. The van der Waals surface area contributed by atoms with Crippen LogP contribution in [0.2, 0.25) is 5.02 Å². The number of ether oxygens (including phenoxy) is 1. The third-order valence-corrected chi connectivity index (χ3v) is 13.1. The van der Waals surface area contributed by atoms with Crippen LogP contribution in [0.3, 0.4) is 0 Å². The van der Waals surface area contributed by atoms with E-state index >= 15 is 0 Å². The highest BCUT2D eigenvalue weighted by atomic mass is 35.5. The van der Waals surface area contributed by atoms with Gasteiger partial charge >= 0.3 is 0 Å². The predicted octanol–water partition coefficient (Wildman–Crippen LogP) is 3.37. The van der Waals surface area contributed by atoms with Gasteiger partial charge in [-0.15, -0.1) is 0 Å². The van der Waals surface area contributed by atoms with Gasteiger partial charge in [-0.05, 0) is 80.2 Å². The van der Waals surface area contributed by atoms with E-state index in [0.717, 1.165) is 87.9 Å². The van der Waals surface area contributed by atoms with E-state index in [-0.39, 0.29) is 24.9 Å². The lowest BCUT2D eigenvalue weighted by Gasteiger charge is -2.39. The number of nitrogens with zero attached hydrogens (tertiary/aromatic N) is 8. The van der Waals surface area contributed by atoms with Crippen LogP contribution in [0, 0.1) is 29.1 Å². The summed E-state index contributed by atoms with van der Waals surface area (Å²) in [5.41, 5.74) is 2.26. The Morgan fingerprint density at radius 3 is 2.28 bits per heavy atom. The Hall–Kier alpha value is -5.59. The van der Waals surface area contributed by atoms with E-state index in [1.54, 1.807) is 42.7 Å². The van der Waals surface area contributed by atoms with Crippen LogP contribution in [-0.2, 0) is 9.59 Å². The number of anilines is 2. The number of halogens is 1. The van der Waals surface area contributed by atoms with Gasteiger partial charge in [0.1, 0.15) is 29.4 Å². The molecule has 0 bridgehead atoms. The smallest absolute Gasteiger partial charge is 0.274 e. The van der Waals surface area contributed by atoms with Crippen molar-refractivity contribution >= 4 is 52.6 Å². The maximum Gasteiger partial charge on any atom is 0.274 e. The average molecular weight is 806 g/mol. The quantitative estimate of drug-likeness (QED) is 0.330. The molecule has 2 aromatic carbocycles. The van der Waals surface area contributed by atoms with Crippen LogP contribution in [0.1, 0.15) is 75.3 Å². The van der Waals surface area contributed by atoms with Gasteiger partial charge in [-0.25, -0.2) is 9.97 Å². The zero-order chi connectivity index (χ0) is 40.1. The summed E-state index contributed by atoms with van der Waals surface area (Å²) >= 11 is 6.18. The molecule has 3 aromatic rings. The number of imide groups is 2. The van der Waals surface area contributed by atoms with Crippen molar-refractivity contribution in [3.63, 3.8) is 0 Å². The summed E-state index contributed by atoms with van der Waals surface area (Å²) in [5.74, 6) is 0.672. The Bertz CT molecular complexity index is 2180. The van der Waals surface area contributed by atoms with Crippen molar-refractivity contribution in [2.24, 2.45) is 17.8 Å². The van der Waals surface area contributed by atoms with E-state index in [0.29, 0.717) is 64.0 Å². The fourth-order valence-electron chi connectivity index (χ4n) is 9.67. The number of carbonyl (C=O) groups is 5. The molecule has 4 saturated heterocycles. The van der Waals surface area contributed by atoms with Crippen LogP contribution in [-0.4, -0.2) is 125 Å². The molecule has 16 heteroatoms. The molecule has 15 nitrogen and oxygen atoms in total. The second-order valence-corrected chi connectivity index (χ2v) is 16.8. The molecule has 1 aliphatic carbocycles. The van der Waals surface area contributed by atoms with Gasteiger partial charge in [-0.3, -0.25) is 39.1 Å². The largest absolute Gasteiger partial charge is 0.490 e. The van der Waals surface area contributed by atoms with Gasteiger partial charge < -0.3 is 19.4 Å². The van der Waals surface area contributed by atoms with Gasteiger partial charge in [-0.2, -0.15) is 5.26 Å². The molecule has 9 rings (SSSR count). The fraction of sp³-hybridized carbons (Fsp3) is 0.476. The molecular weight excluding hydrogens is 762 g/mol. The highest BCUT2D eigenvalue weighted by Gasteiger charge is 2.46. The molecule has 1 aromatic heterocycles. The number of benzene rings is 2. The van der Waals surface area contributed by atoms with Crippen molar-refractivity contribution in [2.75, 3.05) is 68.7 Å². The molecule has 6 aliphatic rings. The van der Waals surface area contributed by atoms with Gasteiger partial charge in [0.15, 0.2) is 0 Å². The Morgan fingerprint density at radius 2 is 1.60 bits per heavy atom. The van der Waals surface area contributed by atoms with Crippen LogP contribution in [0.5, 0.6) is 5.75 Å². The van der Waals surface area contributed by atoms with Crippen molar-refractivity contribution in [3.8, 4) is 11.8 Å². The first-order valence-electron chi connectivity index (χ1n) is 20.2. The minimum atomic E-state index is -0.976. The summed E-state index contributed by atoms with van der Waals surface area (Å²) in [4.78, 5) is 83.0. The van der Waals surface area contributed by atoms with Gasteiger partial charge in [0, 0.05) is 77.1 Å². The predicted molar refractivity (Wildman–Crippen MR) is 211 cm³/mol. The van der Waals surface area contributed by atoms with E-state index in [4.69, 9.17) is 21.6 Å². The molecule has 1 N–H and O–H groups in total. The highest BCUT2D eigenvalue weighted by Crippen LogP contribution is 2.41. The van der Waals surface area contributed by atoms with Gasteiger partial charge in [0.2, 0.25) is 11.8 Å². The first-order chi connectivity index (χ1) is 28.1. The second-order valence-electron chi connectivity index (χ2n) is 16.4. The first-order valence-corrected chi connectivity index (χ1v) is 20.5. The van der Waals surface area contributed by atoms with Crippen molar-refractivity contribution in [1.29, 1.82) is 5.26 Å². The van der Waals surface area contributed by atoms with Crippen LogP contribution in [0.4, 0.5) is 11.5 Å². The summed E-state index contributed by atoms with van der Waals surface area (Å²) in [5, 5.41) is 11.8. The number of fused-ring (bicyclic) bond motifs is 2. The molecular formula is C42H44ClN9O6. The lowest BCUT2D eigenvalue weighted by Crippen LogP contribution is -2.54. The van der Waals surface area contributed by atoms with E-state index in [2.05, 4.69) is 36.1 Å². The minimum Gasteiger partial charge on any atom is -0.490 e. The number of aromatic nitrogens is 2. The Kier molecular flexibility index (Phi) is 10.2. The lowest BCUT2D eigenvalue weighted by atomic mass is 9.96. The molecule has 0 spiro atoms. The standard InChI is InChI=1S/C42H44ClN9O6/c43-34-18-30(3-1-26(34)19-44)58-31-15-27-23-51(24-28(27)16-31)42(57)35-20-46-37(21-45-35)50-9-7-25(8-10-50)22-48-11-13-49(14-12-48)29-2-4-32-33(17-29)41(56)52(40(32)55)36-5-6-38(53)47-39(36)54/h1-4,17-18,20-21,25,27-28,31,36H,5-16,22-24H2,(H,47,53,54)/t27-,28?,31-,36?/m1/s1. The molecule has 2 unspecified atom stereocenters. The normalized spacial score (nSPS) is 25.2. The summed E-state index contributed by atoms with van der Waals surface area (Å²) in [6.45, 7) is 7.45. The number of piperazine rings is 1. The van der Waals surface area contributed by atoms with Gasteiger partial charge in [0.25, 0.3) is 17.7 Å². The van der Waals surface area contributed by atoms with E-state index < -0.39 is 29.7 Å². The fourth-order valence-corrected chi connectivity index (χ4v) is 9.88. The number of nitriles is 1. The summed E-state index contributed by atoms with van der Waals surface area (Å²) < 4.78 is 6.18. The van der Waals surface area contributed by atoms with Crippen molar-refractivity contribution in [1.82, 2.24) is 30.0 Å². The number of piperidine rings is 2. The molecule has 58 heavy (non-hydrogen) atoms. The van der Waals surface area contributed by atoms with Crippen molar-refractivity contribution < 1.29 is 28.7 Å². The highest BCUT2D eigenvalue weighted by molar-refractivity contribution is 6.31. The Morgan fingerprint density at radius 1 is 0.862 bits per heavy atom. The molecule has 4 atom stereocenters. The molecule has 5 aliphatic heterocycles. The van der Waals surface area contributed by atoms with Crippen LogP contribution >= 0.6 is 11.6 Å². The number of hydrogen-bond donors (Lipinski definition) is 1. The van der Waals surface area contributed by atoms with E-state index in [9.17, 15) is 24.0 Å². The molecule has 0 radical (unpaired) electrons. The van der Waals surface area contributed by atoms with Gasteiger partial charge in [0.05, 0.1) is 40.2 Å². The zero-order valence-electron chi connectivity index (χ0n) is 32.0. The van der Waals surface area contributed by atoms with Crippen molar-refractivity contribution in [3.05, 3.63) is 76.2 Å². The Labute approximate surface area is 340 Å². The maximum absolute atomic E-state index is 13.4. The third-order valence-electron chi connectivity index (χ3n) is 12.8. The minimum absolute atomic E-state index is 0.0545. The van der Waals surface area contributed by atoms with Crippen molar-refractivity contribution in [2.45, 2.75) is 50.7 Å². The summed E-state index contributed by atoms with van der Waals surface area (Å²) in [7, 11) is 0. The average Bonchev–Trinajstić information content (AvgIpc) is 3.88. The second kappa shape index (κ2) is 15.6. The van der Waals surface area contributed by atoms with Crippen LogP contribution in [0.25, 0.3) is 0 Å². The molecule has 5 fully saturated rings. The monoisotopic (exact) mass is 805 g/mol. The van der Waals surface area contributed by atoms with Crippen LogP contribution in [0.15, 0.2) is 48.8 Å².